The Morgan fingerprint density at radius 3 is 2.42 bits per heavy atom. The number of benzene rings is 1. The van der Waals surface area contributed by atoms with Crippen LogP contribution < -0.4 is 10.6 Å². The highest BCUT2D eigenvalue weighted by molar-refractivity contribution is 7.10. The number of urea groups is 1. The molecule has 0 radical (unpaired) electrons. The minimum Gasteiger partial charge on any atom is -0.452 e. The van der Waals surface area contributed by atoms with Gasteiger partial charge in [0.05, 0.1) is 23.7 Å². The van der Waals surface area contributed by atoms with E-state index in [1.54, 1.807) is 12.1 Å². The van der Waals surface area contributed by atoms with E-state index in [-0.39, 0.29) is 29.5 Å². The van der Waals surface area contributed by atoms with E-state index in [0.29, 0.717) is 10.8 Å². The lowest BCUT2D eigenvalue weighted by atomic mass is 10.1. The van der Waals surface area contributed by atoms with Crippen LogP contribution in [0.4, 0.5) is 4.79 Å². The van der Waals surface area contributed by atoms with Gasteiger partial charge >= 0.3 is 12.0 Å². The Morgan fingerprint density at radius 1 is 1.06 bits per heavy atom. The zero-order chi connectivity index (χ0) is 22.0. The average Bonchev–Trinajstić information content (AvgIpc) is 3.51. The fraction of sp³-hybridized carbons (Fsp3) is 0.143. The number of amides is 4. The van der Waals surface area contributed by atoms with E-state index in [1.807, 2.05) is 24.4 Å². The van der Waals surface area contributed by atoms with E-state index in [1.165, 1.54) is 35.6 Å². The lowest BCUT2D eigenvalue weighted by Gasteiger charge is -2.12. The number of imide groups is 1. The summed E-state index contributed by atoms with van der Waals surface area (Å²) in [5.41, 5.74) is 0.319. The number of fused-ring (bicyclic) bond motifs is 1. The van der Waals surface area contributed by atoms with E-state index in [9.17, 15) is 19.2 Å². The number of hydroxylamine groups is 2. The molecule has 0 spiro atoms. The summed E-state index contributed by atoms with van der Waals surface area (Å²) in [6.45, 7) is 1.90. The number of thiophene rings is 1. The topological polar surface area (TPSA) is 118 Å². The zero-order valence-electron chi connectivity index (χ0n) is 16.3. The van der Waals surface area contributed by atoms with E-state index < -0.39 is 23.8 Å². The predicted octanol–water partition coefficient (Wildman–Crippen LogP) is 3.27. The van der Waals surface area contributed by atoms with Gasteiger partial charge in [0, 0.05) is 4.88 Å². The van der Waals surface area contributed by atoms with E-state index >= 15 is 0 Å². The molecule has 0 saturated carbocycles. The number of hydrogen-bond acceptors (Lipinski definition) is 7. The molecule has 0 fully saturated rings. The smallest absolute Gasteiger partial charge is 0.399 e. The highest BCUT2D eigenvalue weighted by Crippen LogP contribution is 2.23. The van der Waals surface area contributed by atoms with Crippen molar-refractivity contribution in [3.05, 3.63) is 81.4 Å². The number of hydrogen-bond donors (Lipinski definition) is 2. The highest BCUT2D eigenvalue weighted by Gasteiger charge is 2.39. The molecule has 4 rings (SSSR count). The molecule has 1 atom stereocenters. The molecule has 2 aromatic heterocycles. The van der Waals surface area contributed by atoms with Gasteiger partial charge in [-0.1, -0.05) is 23.3 Å². The molecule has 1 aromatic carbocycles. The number of carbonyl (C=O) groups is 4. The quantitative estimate of drug-likeness (QED) is 0.569. The molecule has 0 bridgehead atoms. The molecular formula is C21H17N3O6S. The van der Waals surface area contributed by atoms with Crippen molar-refractivity contribution in [2.24, 2.45) is 0 Å². The molecule has 1 unspecified atom stereocenters. The van der Waals surface area contributed by atoms with Gasteiger partial charge < -0.3 is 19.9 Å². The second kappa shape index (κ2) is 8.44. The van der Waals surface area contributed by atoms with Crippen molar-refractivity contribution >= 4 is 35.2 Å². The molecule has 10 heteroatoms. The van der Waals surface area contributed by atoms with Crippen LogP contribution in [0.3, 0.4) is 0 Å². The zero-order valence-corrected chi connectivity index (χ0v) is 17.1. The van der Waals surface area contributed by atoms with Gasteiger partial charge in [0.25, 0.3) is 11.8 Å². The number of furan rings is 1. The Kier molecular flexibility index (Phi) is 5.54. The van der Waals surface area contributed by atoms with Crippen LogP contribution in [0.5, 0.6) is 0 Å². The van der Waals surface area contributed by atoms with Gasteiger partial charge in [0.1, 0.15) is 5.76 Å². The second-order valence-corrected chi connectivity index (χ2v) is 7.64. The minimum absolute atomic E-state index is 0.0310. The summed E-state index contributed by atoms with van der Waals surface area (Å²) in [6.07, 6.45) is 0. The first kappa shape index (κ1) is 20.4. The van der Waals surface area contributed by atoms with Crippen LogP contribution in [0.15, 0.2) is 58.3 Å². The van der Waals surface area contributed by atoms with Gasteiger partial charge in [-0.2, -0.15) is 0 Å². The molecule has 9 nitrogen and oxygen atoms in total. The third-order valence-corrected chi connectivity index (χ3v) is 5.59. The lowest BCUT2D eigenvalue weighted by molar-refractivity contribution is -0.0603. The van der Waals surface area contributed by atoms with Gasteiger partial charge in [-0.3, -0.25) is 9.59 Å². The molecule has 1 aliphatic heterocycles. The van der Waals surface area contributed by atoms with E-state index in [2.05, 4.69) is 10.6 Å². The average molecular weight is 439 g/mol. The third-order valence-electron chi connectivity index (χ3n) is 4.53. The van der Waals surface area contributed by atoms with E-state index in [0.717, 1.165) is 4.88 Å². The third kappa shape index (κ3) is 4.19. The lowest BCUT2D eigenvalue weighted by Crippen LogP contribution is -2.36. The first-order chi connectivity index (χ1) is 14.9. The number of nitrogens with one attached hydrogen (secondary N) is 2. The monoisotopic (exact) mass is 439 g/mol. The summed E-state index contributed by atoms with van der Waals surface area (Å²) in [5.74, 6) is -2.36. The number of nitrogens with zero attached hydrogens (tertiary/aromatic N) is 1. The summed E-state index contributed by atoms with van der Waals surface area (Å²) < 4.78 is 5.37. The van der Waals surface area contributed by atoms with Crippen LogP contribution >= 0.6 is 11.3 Å². The first-order valence-corrected chi connectivity index (χ1v) is 10.2. The fourth-order valence-electron chi connectivity index (χ4n) is 2.98. The summed E-state index contributed by atoms with van der Waals surface area (Å²) in [7, 11) is 0. The summed E-state index contributed by atoms with van der Waals surface area (Å²) in [4.78, 5) is 54.9. The molecule has 0 aliphatic carbocycles. The van der Waals surface area contributed by atoms with Crippen LogP contribution in [0.25, 0.3) is 0 Å². The fourth-order valence-corrected chi connectivity index (χ4v) is 3.72. The van der Waals surface area contributed by atoms with Crippen molar-refractivity contribution in [3.8, 4) is 0 Å². The molecule has 4 amide bonds. The molecule has 1 aliphatic rings. The Hall–Kier alpha value is -3.92. The molecule has 31 heavy (non-hydrogen) atoms. The number of carbonyl (C=O) groups excluding carboxylic acids is 4. The Morgan fingerprint density at radius 2 is 1.77 bits per heavy atom. The second-order valence-electron chi connectivity index (χ2n) is 6.66. The Bertz CT molecular complexity index is 1120. The highest BCUT2D eigenvalue weighted by atomic mass is 32.1. The molecule has 158 valence electrons. The molecule has 0 saturated heterocycles. The summed E-state index contributed by atoms with van der Waals surface area (Å²) in [5, 5.41) is 7.76. The maximum Gasteiger partial charge on any atom is 0.399 e. The van der Waals surface area contributed by atoms with Crippen molar-refractivity contribution in [3.63, 3.8) is 0 Å². The standard InChI is InChI=1S/C21H17N3O6S/c1-12(17-7-4-10-31-17)23-21(28)22-11-13-8-9-16(29-13)20(27)30-24-18(25)14-5-2-3-6-15(14)19(24)26/h2-10,12H,11H2,1H3,(H2,22,23,28). The molecule has 2 N–H and O–H groups in total. The maximum atomic E-state index is 12.3. The SMILES string of the molecule is CC(NC(=O)NCc1ccc(C(=O)ON2C(=O)c3ccccc3C2=O)o1)c1cccs1. The largest absolute Gasteiger partial charge is 0.452 e. The predicted molar refractivity (Wildman–Crippen MR) is 109 cm³/mol. The molecular weight excluding hydrogens is 422 g/mol. The van der Waals surface area contributed by atoms with Crippen molar-refractivity contribution < 1.29 is 28.4 Å². The van der Waals surface area contributed by atoms with E-state index in [4.69, 9.17) is 9.25 Å². The Balaban J connectivity index is 1.31. The van der Waals surface area contributed by atoms with Gasteiger partial charge in [-0.15, -0.1) is 11.3 Å². The van der Waals surface area contributed by atoms with Gasteiger partial charge in [0.15, 0.2) is 0 Å². The summed E-state index contributed by atoms with van der Waals surface area (Å²) in [6, 6.07) is 12.3. The van der Waals surface area contributed by atoms with Crippen molar-refractivity contribution in [1.82, 2.24) is 15.7 Å². The van der Waals surface area contributed by atoms with Crippen LogP contribution in [-0.2, 0) is 11.4 Å². The maximum absolute atomic E-state index is 12.3. The Labute approximate surface area is 180 Å². The molecule has 3 heterocycles. The van der Waals surface area contributed by atoms with Crippen LogP contribution in [0.1, 0.15) is 54.9 Å². The van der Waals surface area contributed by atoms with Crippen molar-refractivity contribution in [2.45, 2.75) is 19.5 Å². The van der Waals surface area contributed by atoms with Crippen LogP contribution in [0, 0.1) is 0 Å². The van der Waals surface area contributed by atoms with Crippen molar-refractivity contribution in [2.75, 3.05) is 0 Å². The summed E-state index contributed by atoms with van der Waals surface area (Å²) >= 11 is 1.54. The van der Waals surface area contributed by atoms with Crippen LogP contribution in [0.2, 0.25) is 0 Å². The molecule has 3 aromatic rings. The van der Waals surface area contributed by atoms with Gasteiger partial charge in [0.2, 0.25) is 5.76 Å². The van der Waals surface area contributed by atoms with Gasteiger partial charge in [-0.25, -0.2) is 9.59 Å². The normalized spacial score (nSPS) is 13.6. The first-order valence-electron chi connectivity index (χ1n) is 9.30. The van der Waals surface area contributed by atoms with Gasteiger partial charge in [-0.05, 0) is 42.6 Å². The number of rotatable bonds is 6. The van der Waals surface area contributed by atoms with Crippen LogP contribution in [-0.4, -0.2) is 28.9 Å². The van der Waals surface area contributed by atoms with Crippen molar-refractivity contribution in [1.29, 1.82) is 0 Å². The minimum atomic E-state index is -1.00.